The number of hydrogen-bond donors (Lipinski definition) is 1. The third-order valence-electron chi connectivity index (χ3n) is 2.01. The van der Waals surface area contributed by atoms with E-state index in [0.717, 1.165) is 11.4 Å². The van der Waals surface area contributed by atoms with Gasteiger partial charge in [0.25, 0.3) is 0 Å². The lowest BCUT2D eigenvalue weighted by Crippen LogP contribution is -2.16. The number of carbonyl (C=O) groups is 1. The molecule has 15 heavy (non-hydrogen) atoms. The van der Waals surface area contributed by atoms with Crippen molar-refractivity contribution in [3.63, 3.8) is 0 Å². The van der Waals surface area contributed by atoms with Gasteiger partial charge < -0.3 is 14.8 Å². The number of benzene rings is 1. The molecule has 1 unspecified atom stereocenters. The quantitative estimate of drug-likeness (QED) is 0.771. The third-order valence-corrected chi connectivity index (χ3v) is 2.38. The van der Waals surface area contributed by atoms with Gasteiger partial charge in [-0.2, -0.15) is 0 Å². The SMILES string of the molecule is O=C(CP)Nc1ccc2c(c1)OCCO2. The standard InChI is InChI=1S/C10H12NO3P/c12-10(6-15)11-7-1-2-8-9(5-7)14-4-3-13-8/h1-2,5H,3-4,6,15H2,(H,11,12). The maximum Gasteiger partial charge on any atom is 0.228 e. The van der Waals surface area contributed by atoms with Gasteiger partial charge in [-0.3, -0.25) is 4.79 Å². The van der Waals surface area contributed by atoms with Gasteiger partial charge in [-0.15, -0.1) is 9.24 Å². The maximum absolute atomic E-state index is 11.1. The Morgan fingerprint density at radius 2 is 2.07 bits per heavy atom. The number of fused-ring (bicyclic) bond motifs is 1. The van der Waals surface area contributed by atoms with Gasteiger partial charge in [0, 0.05) is 17.9 Å². The van der Waals surface area contributed by atoms with Crippen LogP contribution in [0.4, 0.5) is 5.69 Å². The van der Waals surface area contributed by atoms with Gasteiger partial charge in [-0.25, -0.2) is 0 Å². The Morgan fingerprint density at radius 1 is 1.33 bits per heavy atom. The fourth-order valence-corrected chi connectivity index (χ4v) is 1.44. The molecule has 0 bridgehead atoms. The molecule has 5 heteroatoms. The zero-order valence-corrected chi connectivity index (χ0v) is 9.31. The van der Waals surface area contributed by atoms with Gasteiger partial charge in [0.05, 0.1) is 0 Å². The van der Waals surface area contributed by atoms with Crippen molar-refractivity contribution in [2.45, 2.75) is 0 Å². The Bertz CT molecular complexity index is 381. The van der Waals surface area contributed by atoms with Crippen molar-refractivity contribution in [3.05, 3.63) is 18.2 Å². The van der Waals surface area contributed by atoms with Gasteiger partial charge in [-0.1, -0.05) is 0 Å². The average Bonchev–Trinajstić information content (AvgIpc) is 2.29. The number of rotatable bonds is 2. The molecule has 0 aliphatic carbocycles. The second-order valence-corrected chi connectivity index (χ2v) is 3.52. The first kappa shape index (κ1) is 10.2. The third kappa shape index (κ3) is 2.39. The summed E-state index contributed by atoms with van der Waals surface area (Å²) in [5, 5.41) is 2.75. The van der Waals surface area contributed by atoms with E-state index in [-0.39, 0.29) is 5.91 Å². The van der Waals surface area contributed by atoms with E-state index >= 15 is 0 Å². The Balaban J connectivity index is 2.17. The molecular formula is C10H12NO3P. The van der Waals surface area contributed by atoms with E-state index in [9.17, 15) is 4.79 Å². The number of anilines is 1. The van der Waals surface area contributed by atoms with E-state index in [1.54, 1.807) is 18.2 Å². The van der Waals surface area contributed by atoms with E-state index in [2.05, 4.69) is 14.6 Å². The highest BCUT2D eigenvalue weighted by Crippen LogP contribution is 2.32. The van der Waals surface area contributed by atoms with Crippen LogP contribution in [0.25, 0.3) is 0 Å². The number of hydrogen-bond acceptors (Lipinski definition) is 3. The molecule has 0 aromatic heterocycles. The van der Waals surface area contributed by atoms with Crippen molar-refractivity contribution in [2.24, 2.45) is 0 Å². The van der Waals surface area contributed by atoms with Gasteiger partial charge in [-0.05, 0) is 12.1 Å². The van der Waals surface area contributed by atoms with Crippen LogP contribution in [0.2, 0.25) is 0 Å². The first-order valence-corrected chi connectivity index (χ1v) is 5.51. The first-order chi connectivity index (χ1) is 7.29. The van der Waals surface area contributed by atoms with Gasteiger partial charge in [0.15, 0.2) is 11.5 Å². The Morgan fingerprint density at radius 3 is 2.80 bits per heavy atom. The van der Waals surface area contributed by atoms with Crippen molar-refractivity contribution in [1.29, 1.82) is 0 Å². The normalized spacial score (nSPS) is 13.4. The van der Waals surface area contributed by atoms with Crippen molar-refractivity contribution in [1.82, 2.24) is 0 Å². The molecule has 1 N–H and O–H groups in total. The molecule has 1 atom stereocenters. The van der Waals surface area contributed by atoms with Gasteiger partial charge in [0.2, 0.25) is 5.91 Å². The summed E-state index contributed by atoms with van der Waals surface area (Å²) in [5.41, 5.74) is 0.728. The largest absolute Gasteiger partial charge is 0.486 e. The van der Waals surface area contributed by atoms with E-state index in [4.69, 9.17) is 9.47 Å². The summed E-state index contributed by atoms with van der Waals surface area (Å²) in [5.74, 6) is 1.37. The smallest absolute Gasteiger partial charge is 0.228 e. The van der Waals surface area contributed by atoms with Crippen LogP contribution in [-0.2, 0) is 4.79 Å². The van der Waals surface area contributed by atoms with Crippen LogP contribution >= 0.6 is 9.24 Å². The van der Waals surface area contributed by atoms with Crippen LogP contribution in [0.3, 0.4) is 0 Å². The lowest BCUT2D eigenvalue weighted by atomic mass is 10.2. The minimum Gasteiger partial charge on any atom is -0.486 e. The van der Waals surface area contributed by atoms with Crippen LogP contribution in [0, 0.1) is 0 Å². The molecule has 0 saturated carbocycles. The monoisotopic (exact) mass is 225 g/mol. The molecule has 1 aromatic rings. The van der Waals surface area contributed by atoms with Gasteiger partial charge in [0.1, 0.15) is 13.2 Å². The number of ether oxygens (including phenoxy) is 2. The Kier molecular flexibility index (Phi) is 3.07. The highest BCUT2D eigenvalue weighted by Gasteiger charge is 2.12. The molecule has 1 aliphatic heterocycles. The lowest BCUT2D eigenvalue weighted by Gasteiger charge is -2.18. The van der Waals surface area contributed by atoms with Crippen LogP contribution in [0.5, 0.6) is 11.5 Å². The Labute approximate surface area is 90.2 Å². The predicted molar refractivity (Wildman–Crippen MR) is 60.6 cm³/mol. The molecule has 0 spiro atoms. The molecule has 1 aliphatic rings. The van der Waals surface area contributed by atoms with E-state index in [0.29, 0.717) is 25.1 Å². The fourth-order valence-electron chi connectivity index (χ4n) is 1.33. The second-order valence-electron chi connectivity index (χ2n) is 3.11. The zero-order chi connectivity index (χ0) is 10.7. The topological polar surface area (TPSA) is 47.6 Å². The average molecular weight is 225 g/mol. The van der Waals surface area contributed by atoms with Crippen molar-refractivity contribution >= 4 is 20.8 Å². The maximum atomic E-state index is 11.1. The van der Waals surface area contributed by atoms with Crippen LogP contribution in [0.15, 0.2) is 18.2 Å². The molecule has 0 fully saturated rings. The van der Waals surface area contributed by atoms with E-state index < -0.39 is 0 Å². The molecule has 2 rings (SSSR count). The summed E-state index contributed by atoms with van der Waals surface area (Å²) >= 11 is 0. The van der Waals surface area contributed by atoms with E-state index in [1.807, 2.05) is 0 Å². The molecule has 1 amide bonds. The summed E-state index contributed by atoms with van der Waals surface area (Å²) in [4.78, 5) is 11.1. The van der Waals surface area contributed by atoms with Crippen LogP contribution in [-0.4, -0.2) is 25.3 Å². The minimum atomic E-state index is -0.0447. The predicted octanol–water partition coefficient (Wildman–Crippen LogP) is 1.27. The molecule has 0 radical (unpaired) electrons. The second kappa shape index (κ2) is 4.49. The molecule has 1 aromatic carbocycles. The molecule has 4 nitrogen and oxygen atoms in total. The Hall–Kier alpha value is -1.28. The zero-order valence-electron chi connectivity index (χ0n) is 8.16. The molecule has 0 saturated heterocycles. The van der Waals surface area contributed by atoms with Crippen molar-refractivity contribution < 1.29 is 14.3 Å². The molecular weight excluding hydrogens is 213 g/mol. The summed E-state index contributed by atoms with van der Waals surface area (Å²) in [6.07, 6.45) is 0.383. The summed E-state index contributed by atoms with van der Waals surface area (Å²) in [6, 6.07) is 5.37. The van der Waals surface area contributed by atoms with Crippen LogP contribution < -0.4 is 14.8 Å². The van der Waals surface area contributed by atoms with Crippen molar-refractivity contribution in [3.8, 4) is 11.5 Å². The van der Waals surface area contributed by atoms with E-state index in [1.165, 1.54) is 0 Å². The lowest BCUT2D eigenvalue weighted by molar-refractivity contribution is -0.113. The number of carbonyl (C=O) groups excluding carboxylic acids is 1. The number of nitrogens with one attached hydrogen (secondary N) is 1. The molecule has 80 valence electrons. The molecule has 1 heterocycles. The highest BCUT2D eigenvalue weighted by atomic mass is 31.0. The summed E-state index contributed by atoms with van der Waals surface area (Å²) in [6.45, 7) is 1.12. The highest BCUT2D eigenvalue weighted by molar-refractivity contribution is 7.18. The fraction of sp³-hybridized carbons (Fsp3) is 0.300. The number of amides is 1. The summed E-state index contributed by atoms with van der Waals surface area (Å²) in [7, 11) is 2.38. The van der Waals surface area contributed by atoms with Gasteiger partial charge >= 0.3 is 0 Å². The summed E-state index contributed by atoms with van der Waals surface area (Å²) < 4.78 is 10.8. The van der Waals surface area contributed by atoms with Crippen molar-refractivity contribution in [2.75, 3.05) is 24.7 Å². The van der Waals surface area contributed by atoms with Crippen LogP contribution in [0.1, 0.15) is 0 Å². The minimum absolute atomic E-state index is 0.0447. The first-order valence-electron chi connectivity index (χ1n) is 4.69.